The quantitative estimate of drug-likeness (QED) is 0.453. The van der Waals surface area contributed by atoms with Crippen LogP contribution in [0.4, 0.5) is 22.0 Å². The largest absolute Gasteiger partial charge is 0.451 e. The Bertz CT molecular complexity index is 1530. The van der Waals surface area contributed by atoms with Crippen molar-refractivity contribution in [2.75, 3.05) is 0 Å². The Morgan fingerprint density at radius 2 is 1.82 bits per heavy atom. The van der Waals surface area contributed by atoms with E-state index in [1.54, 1.807) is 0 Å². The molecular weight excluding hydrogens is 547 g/mol. The second kappa shape index (κ2) is 10.6. The zero-order valence-corrected chi connectivity index (χ0v) is 20.8. The lowest BCUT2D eigenvalue weighted by atomic mass is 10.0. The summed E-state index contributed by atoms with van der Waals surface area (Å²) < 4.78 is 93.2. The smallest absolute Gasteiger partial charge is 0.351 e. The van der Waals surface area contributed by atoms with Crippen LogP contribution in [-0.2, 0) is 27.5 Å². The van der Waals surface area contributed by atoms with Gasteiger partial charge in [-0.3, -0.25) is 4.79 Å². The van der Waals surface area contributed by atoms with Crippen molar-refractivity contribution >= 4 is 15.9 Å². The van der Waals surface area contributed by atoms with Gasteiger partial charge in [0.2, 0.25) is 11.7 Å². The summed E-state index contributed by atoms with van der Waals surface area (Å²) in [6.45, 7) is 1.02. The molecule has 0 bridgehead atoms. The number of hydrogen-bond donors (Lipinski definition) is 1. The predicted octanol–water partition coefficient (Wildman–Crippen LogP) is 3.37. The highest BCUT2D eigenvalue weighted by Gasteiger charge is 2.49. The molecule has 3 atom stereocenters. The number of aromatic nitrogens is 3. The van der Waals surface area contributed by atoms with Crippen LogP contribution < -0.4 is 5.32 Å². The maximum atomic E-state index is 14.6. The molecular formula is C24H19F5N6O3S. The Hall–Kier alpha value is -4.03. The molecule has 1 aromatic carbocycles. The molecule has 1 N–H and O–H groups in total. The van der Waals surface area contributed by atoms with Gasteiger partial charge in [0.1, 0.15) is 18.0 Å². The van der Waals surface area contributed by atoms with Crippen LogP contribution in [0, 0.1) is 17.1 Å². The van der Waals surface area contributed by atoms with E-state index in [4.69, 9.17) is 0 Å². The van der Waals surface area contributed by atoms with Gasteiger partial charge in [-0.2, -0.15) is 22.7 Å². The van der Waals surface area contributed by atoms with Gasteiger partial charge in [-0.15, -0.1) is 0 Å². The molecule has 2 aromatic heterocycles. The molecule has 0 saturated carbocycles. The SMILES string of the molecule is C[C@H]1[C@H](F)C[C@@H](C(=O)NCc2cc(-c3cnc(C(F)(F)F)nc3)ccc2C#N)N1S(=O)(=O)c1ccc(F)cn1. The van der Waals surface area contributed by atoms with Gasteiger partial charge in [0.15, 0.2) is 5.03 Å². The van der Waals surface area contributed by atoms with E-state index in [2.05, 4.69) is 20.3 Å². The summed E-state index contributed by atoms with van der Waals surface area (Å²) in [7, 11) is -4.48. The van der Waals surface area contributed by atoms with Crippen LogP contribution in [0.15, 0.2) is 53.9 Å². The summed E-state index contributed by atoms with van der Waals surface area (Å²) in [5.41, 5.74) is 0.974. The predicted molar refractivity (Wildman–Crippen MR) is 125 cm³/mol. The number of amides is 1. The number of nitriles is 1. The molecule has 1 aliphatic heterocycles. The zero-order valence-electron chi connectivity index (χ0n) is 20.0. The van der Waals surface area contributed by atoms with Crippen LogP contribution in [-0.4, -0.2) is 51.8 Å². The highest BCUT2D eigenvalue weighted by molar-refractivity contribution is 7.89. The van der Waals surface area contributed by atoms with E-state index in [-0.39, 0.29) is 23.2 Å². The second-order valence-electron chi connectivity index (χ2n) is 8.65. The standard InChI is InChI=1S/C24H19F5N6O3S/c1-13-19(26)7-20(35(13)39(37,38)21-5-4-18(25)12-31-21)22(36)32-9-16-6-14(2-3-15(16)8-30)17-10-33-23(34-11-17)24(27,28)29/h2-6,10-13,19-20H,7,9H2,1H3,(H,32,36)/t13-,19+,20-/m0/s1. The number of alkyl halides is 4. The number of pyridine rings is 1. The van der Waals surface area contributed by atoms with Gasteiger partial charge in [-0.1, -0.05) is 6.07 Å². The van der Waals surface area contributed by atoms with E-state index in [1.807, 2.05) is 6.07 Å². The molecule has 0 radical (unpaired) electrons. The van der Waals surface area contributed by atoms with Crippen molar-refractivity contribution < 1.29 is 35.2 Å². The number of nitrogens with one attached hydrogen (secondary N) is 1. The normalized spacial score (nSPS) is 20.0. The number of hydrogen-bond acceptors (Lipinski definition) is 7. The number of carbonyl (C=O) groups excluding carboxylic acids is 1. The number of carbonyl (C=O) groups is 1. The molecule has 0 unspecified atom stereocenters. The Balaban J connectivity index is 1.56. The third-order valence-corrected chi connectivity index (χ3v) is 8.05. The minimum atomic E-state index is -4.72. The van der Waals surface area contributed by atoms with Gasteiger partial charge in [0.25, 0.3) is 10.0 Å². The van der Waals surface area contributed by atoms with E-state index in [1.165, 1.54) is 25.1 Å². The molecule has 9 nitrogen and oxygen atoms in total. The molecule has 1 fully saturated rings. The number of rotatable bonds is 6. The fraction of sp³-hybridized carbons (Fsp3) is 0.292. The van der Waals surface area contributed by atoms with Gasteiger partial charge in [0.05, 0.1) is 23.9 Å². The summed E-state index contributed by atoms with van der Waals surface area (Å²) in [6.07, 6.45) is -4.22. The first kappa shape index (κ1) is 28.0. The Labute approximate surface area is 219 Å². The van der Waals surface area contributed by atoms with Crippen molar-refractivity contribution in [3.8, 4) is 17.2 Å². The first-order chi connectivity index (χ1) is 18.3. The lowest BCUT2D eigenvalue weighted by Crippen LogP contribution is -2.48. The van der Waals surface area contributed by atoms with E-state index in [0.29, 0.717) is 16.1 Å². The molecule has 4 rings (SSSR count). The van der Waals surface area contributed by atoms with Crippen LogP contribution in [0.3, 0.4) is 0 Å². The maximum Gasteiger partial charge on any atom is 0.451 e. The van der Waals surface area contributed by atoms with Gasteiger partial charge < -0.3 is 5.32 Å². The highest BCUT2D eigenvalue weighted by Crippen LogP contribution is 2.33. The molecule has 39 heavy (non-hydrogen) atoms. The monoisotopic (exact) mass is 566 g/mol. The van der Waals surface area contributed by atoms with Crippen molar-refractivity contribution in [1.82, 2.24) is 24.6 Å². The van der Waals surface area contributed by atoms with E-state index >= 15 is 0 Å². The van der Waals surface area contributed by atoms with Crippen molar-refractivity contribution in [2.45, 2.75) is 49.3 Å². The summed E-state index contributed by atoms with van der Waals surface area (Å²) in [6, 6.07) is 5.35. The minimum Gasteiger partial charge on any atom is -0.351 e. The first-order valence-corrected chi connectivity index (χ1v) is 12.8. The second-order valence-corrected chi connectivity index (χ2v) is 10.4. The van der Waals surface area contributed by atoms with E-state index in [0.717, 1.165) is 24.5 Å². The molecule has 1 saturated heterocycles. The Kier molecular flexibility index (Phi) is 7.62. The number of benzene rings is 1. The van der Waals surface area contributed by atoms with E-state index < -0.39 is 63.5 Å². The average Bonchev–Trinajstić information content (AvgIpc) is 3.21. The van der Waals surface area contributed by atoms with Gasteiger partial charge >= 0.3 is 6.18 Å². The number of halogens is 5. The van der Waals surface area contributed by atoms with Crippen LogP contribution in [0.25, 0.3) is 11.1 Å². The molecule has 1 aliphatic rings. The molecule has 15 heteroatoms. The Morgan fingerprint density at radius 1 is 1.13 bits per heavy atom. The molecule has 0 aliphatic carbocycles. The van der Waals surface area contributed by atoms with Crippen LogP contribution in [0.5, 0.6) is 0 Å². The molecule has 3 heterocycles. The van der Waals surface area contributed by atoms with Crippen molar-refractivity contribution in [3.63, 3.8) is 0 Å². The maximum absolute atomic E-state index is 14.6. The topological polar surface area (TPSA) is 129 Å². The zero-order chi connectivity index (χ0) is 28.5. The number of sulfonamides is 1. The Morgan fingerprint density at radius 3 is 2.41 bits per heavy atom. The lowest BCUT2D eigenvalue weighted by molar-refractivity contribution is -0.145. The lowest BCUT2D eigenvalue weighted by Gasteiger charge is -2.26. The van der Waals surface area contributed by atoms with Crippen molar-refractivity contribution in [2.24, 2.45) is 0 Å². The molecule has 1 amide bonds. The van der Waals surface area contributed by atoms with Gasteiger partial charge in [-0.05, 0) is 42.3 Å². The summed E-state index contributed by atoms with van der Waals surface area (Å²) >= 11 is 0. The first-order valence-electron chi connectivity index (χ1n) is 11.3. The highest BCUT2D eigenvalue weighted by atomic mass is 32.2. The third kappa shape index (κ3) is 5.71. The van der Waals surface area contributed by atoms with Gasteiger partial charge in [0, 0.05) is 30.9 Å². The van der Waals surface area contributed by atoms with Crippen molar-refractivity contribution in [3.05, 3.63) is 71.7 Å². The summed E-state index contributed by atoms with van der Waals surface area (Å²) in [5, 5.41) is 11.4. The van der Waals surface area contributed by atoms with Gasteiger partial charge in [-0.25, -0.2) is 32.2 Å². The third-order valence-electron chi connectivity index (χ3n) is 6.14. The number of nitrogens with zero attached hydrogens (tertiary/aromatic N) is 5. The molecule has 3 aromatic rings. The molecule has 0 spiro atoms. The average molecular weight is 567 g/mol. The fourth-order valence-electron chi connectivity index (χ4n) is 4.14. The fourth-order valence-corrected chi connectivity index (χ4v) is 5.87. The summed E-state index contributed by atoms with van der Waals surface area (Å²) in [4.78, 5) is 23.2. The summed E-state index contributed by atoms with van der Waals surface area (Å²) in [5.74, 6) is -2.95. The van der Waals surface area contributed by atoms with Crippen LogP contribution >= 0.6 is 0 Å². The van der Waals surface area contributed by atoms with Crippen molar-refractivity contribution in [1.29, 1.82) is 5.26 Å². The van der Waals surface area contributed by atoms with Crippen LogP contribution in [0.2, 0.25) is 0 Å². The molecule has 204 valence electrons. The minimum absolute atomic E-state index is 0.134. The van der Waals surface area contributed by atoms with E-state index in [9.17, 15) is 40.4 Å². The van der Waals surface area contributed by atoms with Crippen LogP contribution in [0.1, 0.15) is 30.3 Å².